The first-order valence-corrected chi connectivity index (χ1v) is 11.7. The topological polar surface area (TPSA) is 78.3 Å². The van der Waals surface area contributed by atoms with Gasteiger partial charge in [-0.3, -0.25) is 9.88 Å². The van der Waals surface area contributed by atoms with Gasteiger partial charge in [0.25, 0.3) is 0 Å². The Kier molecular flexibility index (Phi) is 6.55. The third-order valence-electron chi connectivity index (χ3n) is 6.67. The molecule has 172 valence electrons. The Morgan fingerprint density at radius 2 is 1.76 bits per heavy atom. The number of likely N-dealkylation sites (tertiary alicyclic amines) is 1. The molecule has 0 radical (unpaired) electrons. The summed E-state index contributed by atoms with van der Waals surface area (Å²) in [6, 6.07) is 9.12. The number of aliphatic hydroxyl groups excluding tert-OH is 1. The molecule has 0 atom stereocenters. The third-order valence-corrected chi connectivity index (χ3v) is 6.67. The number of halogens is 1. The molecule has 5 rings (SSSR count). The molecular formula is C25H29FN6O. The molecular weight excluding hydrogens is 419 g/mol. The summed E-state index contributed by atoms with van der Waals surface area (Å²) >= 11 is 0. The average Bonchev–Trinajstić information content (AvgIpc) is 2.87. The molecule has 8 heteroatoms. The monoisotopic (exact) mass is 448 g/mol. The SMILES string of the molecule is OC1CCN(c2cc(C3CCN(Cc4ccccc4F)CC3)nc(-c3cnccn3)n2)CC1. The molecule has 2 aliphatic rings. The number of piperidine rings is 2. The standard InChI is InChI=1S/C25H29FN6O/c26-21-4-2-1-3-19(21)17-31-11-5-18(6-12-31)22-15-24(32-13-7-20(33)8-14-32)30-25(29-22)23-16-27-9-10-28-23/h1-4,9-10,15-16,18,20,33H,5-8,11-14,17H2. The summed E-state index contributed by atoms with van der Waals surface area (Å²) < 4.78 is 14.1. The molecule has 4 heterocycles. The van der Waals surface area contributed by atoms with E-state index >= 15 is 0 Å². The molecule has 0 saturated carbocycles. The zero-order chi connectivity index (χ0) is 22.6. The summed E-state index contributed by atoms with van der Waals surface area (Å²) in [5.41, 5.74) is 2.43. The predicted molar refractivity (Wildman–Crippen MR) is 124 cm³/mol. The summed E-state index contributed by atoms with van der Waals surface area (Å²) in [4.78, 5) is 22.8. The van der Waals surface area contributed by atoms with Crippen molar-refractivity contribution < 1.29 is 9.50 Å². The number of rotatable bonds is 5. The van der Waals surface area contributed by atoms with Crippen molar-refractivity contribution in [3.8, 4) is 11.5 Å². The number of hydrogen-bond donors (Lipinski definition) is 1. The van der Waals surface area contributed by atoms with Crippen LogP contribution >= 0.6 is 0 Å². The quantitative estimate of drug-likeness (QED) is 0.641. The number of benzene rings is 1. The molecule has 2 aliphatic heterocycles. The van der Waals surface area contributed by atoms with Gasteiger partial charge in [-0.15, -0.1) is 0 Å². The van der Waals surface area contributed by atoms with Gasteiger partial charge in [-0.25, -0.2) is 19.3 Å². The fourth-order valence-corrected chi connectivity index (χ4v) is 4.70. The highest BCUT2D eigenvalue weighted by Crippen LogP contribution is 2.31. The molecule has 0 aliphatic carbocycles. The number of aromatic nitrogens is 4. The van der Waals surface area contributed by atoms with Crippen molar-refractivity contribution in [2.24, 2.45) is 0 Å². The van der Waals surface area contributed by atoms with E-state index in [4.69, 9.17) is 9.97 Å². The number of anilines is 1. The zero-order valence-corrected chi connectivity index (χ0v) is 18.6. The fraction of sp³-hybridized carbons (Fsp3) is 0.440. The molecule has 1 aromatic carbocycles. The summed E-state index contributed by atoms with van der Waals surface area (Å²) in [5, 5.41) is 9.91. The largest absolute Gasteiger partial charge is 0.393 e. The average molecular weight is 449 g/mol. The van der Waals surface area contributed by atoms with Crippen LogP contribution in [0.15, 0.2) is 48.9 Å². The first-order valence-electron chi connectivity index (χ1n) is 11.7. The van der Waals surface area contributed by atoms with E-state index in [0.717, 1.165) is 68.9 Å². The van der Waals surface area contributed by atoms with Gasteiger partial charge in [0, 0.05) is 55.3 Å². The van der Waals surface area contributed by atoms with Crippen molar-refractivity contribution in [3.05, 3.63) is 66.0 Å². The molecule has 0 unspecified atom stereocenters. The Bertz CT molecular complexity index is 1070. The van der Waals surface area contributed by atoms with Crippen LogP contribution in [0.4, 0.5) is 10.2 Å². The smallest absolute Gasteiger partial charge is 0.182 e. The summed E-state index contributed by atoms with van der Waals surface area (Å²) in [5.74, 6) is 1.66. The highest BCUT2D eigenvalue weighted by molar-refractivity contribution is 5.53. The van der Waals surface area contributed by atoms with Gasteiger partial charge < -0.3 is 10.0 Å². The third kappa shape index (κ3) is 5.17. The van der Waals surface area contributed by atoms with Crippen molar-refractivity contribution >= 4 is 5.82 Å². The van der Waals surface area contributed by atoms with Crippen molar-refractivity contribution in [1.29, 1.82) is 0 Å². The minimum absolute atomic E-state index is 0.139. The summed E-state index contributed by atoms with van der Waals surface area (Å²) in [7, 11) is 0. The second-order valence-electron chi connectivity index (χ2n) is 8.93. The van der Waals surface area contributed by atoms with Crippen LogP contribution in [0.3, 0.4) is 0 Å². The highest BCUT2D eigenvalue weighted by Gasteiger charge is 2.26. The van der Waals surface area contributed by atoms with Gasteiger partial charge in [-0.05, 0) is 44.8 Å². The van der Waals surface area contributed by atoms with Crippen LogP contribution < -0.4 is 4.90 Å². The first kappa shape index (κ1) is 21.9. The Balaban J connectivity index is 1.35. The molecule has 3 aromatic rings. The minimum Gasteiger partial charge on any atom is -0.393 e. The van der Waals surface area contributed by atoms with Crippen molar-refractivity contribution in [1.82, 2.24) is 24.8 Å². The maximum atomic E-state index is 14.1. The lowest BCUT2D eigenvalue weighted by Crippen LogP contribution is -2.36. The summed E-state index contributed by atoms with van der Waals surface area (Å²) in [6.45, 7) is 3.98. The van der Waals surface area contributed by atoms with Gasteiger partial charge in [0.15, 0.2) is 5.82 Å². The van der Waals surface area contributed by atoms with Crippen molar-refractivity contribution in [2.75, 3.05) is 31.1 Å². The van der Waals surface area contributed by atoms with Gasteiger partial charge in [-0.1, -0.05) is 18.2 Å². The van der Waals surface area contributed by atoms with Crippen LogP contribution in [-0.4, -0.2) is 62.2 Å². The Morgan fingerprint density at radius 3 is 2.48 bits per heavy atom. The van der Waals surface area contributed by atoms with Crippen LogP contribution in [0.25, 0.3) is 11.5 Å². The molecule has 33 heavy (non-hydrogen) atoms. The minimum atomic E-state index is -0.235. The molecule has 0 bridgehead atoms. The highest BCUT2D eigenvalue weighted by atomic mass is 19.1. The van der Waals surface area contributed by atoms with Crippen LogP contribution in [0.1, 0.15) is 42.9 Å². The van der Waals surface area contributed by atoms with E-state index in [0.29, 0.717) is 24.0 Å². The molecule has 2 aromatic heterocycles. The van der Waals surface area contributed by atoms with E-state index < -0.39 is 0 Å². The van der Waals surface area contributed by atoms with Gasteiger partial charge in [0.05, 0.1) is 12.3 Å². The van der Waals surface area contributed by atoms with E-state index in [1.165, 1.54) is 6.07 Å². The lowest BCUT2D eigenvalue weighted by Gasteiger charge is -2.33. The van der Waals surface area contributed by atoms with E-state index in [2.05, 4.69) is 25.8 Å². The van der Waals surface area contributed by atoms with Crippen molar-refractivity contribution in [3.63, 3.8) is 0 Å². The molecule has 2 saturated heterocycles. The number of hydrogen-bond acceptors (Lipinski definition) is 7. The lowest BCUT2D eigenvalue weighted by atomic mass is 9.92. The summed E-state index contributed by atoms with van der Waals surface area (Å²) in [6.07, 6.45) is 8.17. The van der Waals surface area contributed by atoms with E-state index in [1.54, 1.807) is 24.7 Å². The Morgan fingerprint density at radius 1 is 0.970 bits per heavy atom. The predicted octanol–water partition coefficient (Wildman–Crippen LogP) is 3.41. The van der Waals surface area contributed by atoms with E-state index in [1.807, 2.05) is 12.1 Å². The molecule has 7 nitrogen and oxygen atoms in total. The van der Waals surface area contributed by atoms with Crippen molar-refractivity contribution in [2.45, 2.75) is 44.2 Å². The number of aliphatic hydroxyl groups is 1. The fourth-order valence-electron chi connectivity index (χ4n) is 4.70. The second kappa shape index (κ2) is 9.89. The molecule has 0 amide bonds. The van der Waals surface area contributed by atoms with Crippen LogP contribution in [-0.2, 0) is 6.54 Å². The van der Waals surface area contributed by atoms with E-state index in [-0.39, 0.29) is 11.9 Å². The van der Waals surface area contributed by atoms with Gasteiger partial charge >= 0.3 is 0 Å². The maximum absolute atomic E-state index is 14.1. The first-order chi connectivity index (χ1) is 16.2. The van der Waals surface area contributed by atoms with Crippen LogP contribution in [0.2, 0.25) is 0 Å². The molecule has 0 spiro atoms. The zero-order valence-electron chi connectivity index (χ0n) is 18.6. The lowest BCUT2D eigenvalue weighted by molar-refractivity contribution is 0.145. The van der Waals surface area contributed by atoms with Crippen LogP contribution in [0, 0.1) is 5.82 Å². The second-order valence-corrected chi connectivity index (χ2v) is 8.93. The van der Waals surface area contributed by atoms with Gasteiger partial charge in [0.2, 0.25) is 0 Å². The van der Waals surface area contributed by atoms with Gasteiger partial charge in [-0.2, -0.15) is 0 Å². The Labute approximate surface area is 193 Å². The maximum Gasteiger partial charge on any atom is 0.182 e. The molecule has 1 N–H and O–H groups in total. The van der Waals surface area contributed by atoms with E-state index in [9.17, 15) is 9.50 Å². The Hall–Kier alpha value is -2.97. The number of nitrogens with zero attached hydrogens (tertiary/aromatic N) is 6. The normalized spacial score (nSPS) is 18.5. The van der Waals surface area contributed by atoms with Crippen LogP contribution in [0.5, 0.6) is 0 Å². The molecule has 2 fully saturated rings. The van der Waals surface area contributed by atoms with Gasteiger partial charge in [0.1, 0.15) is 17.3 Å².